The number of carbonyl (C=O) groups excluding carboxylic acids is 1. The van der Waals surface area contributed by atoms with Gasteiger partial charge in [0, 0.05) is 12.1 Å². The van der Waals surface area contributed by atoms with Gasteiger partial charge < -0.3 is 9.64 Å². The number of carbonyl (C=O) groups is 1. The Morgan fingerprint density at radius 3 is 2.24 bits per heavy atom. The number of hydrogen-bond acceptors (Lipinski definition) is 2. The van der Waals surface area contributed by atoms with Crippen LogP contribution in [0.15, 0.2) is 30.3 Å². The van der Waals surface area contributed by atoms with E-state index in [2.05, 4.69) is 46.8 Å². The monoisotopic (exact) mass is 289 g/mol. The first-order chi connectivity index (χ1) is 9.94. The fraction of sp³-hybridized carbons (Fsp3) is 0.611. The van der Waals surface area contributed by atoms with E-state index in [-0.39, 0.29) is 24.1 Å². The highest BCUT2D eigenvalue weighted by Crippen LogP contribution is 2.50. The minimum absolute atomic E-state index is 0.123. The largest absolute Gasteiger partial charge is 0.350 e. The highest BCUT2D eigenvalue weighted by Gasteiger charge is 2.62. The van der Waals surface area contributed by atoms with Gasteiger partial charge in [-0.1, -0.05) is 43.7 Å². The van der Waals surface area contributed by atoms with E-state index in [1.54, 1.807) is 0 Å². The zero-order valence-corrected chi connectivity index (χ0v) is 13.8. The highest BCUT2D eigenvalue weighted by atomic mass is 16.6. The third-order valence-electron chi connectivity index (χ3n) is 4.17. The van der Waals surface area contributed by atoms with Crippen molar-refractivity contribution in [2.24, 2.45) is 0 Å². The number of benzene rings is 1. The lowest BCUT2D eigenvalue weighted by molar-refractivity contribution is -0.136. The van der Waals surface area contributed by atoms with Gasteiger partial charge in [-0.05, 0) is 39.7 Å². The Bertz CT molecular complexity index is 475. The van der Waals surface area contributed by atoms with Gasteiger partial charge in [-0.25, -0.2) is 0 Å². The summed E-state index contributed by atoms with van der Waals surface area (Å²) < 4.78 is 5.98. The van der Waals surface area contributed by atoms with Gasteiger partial charge >= 0.3 is 0 Å². The van der Waals surface area contributed by atoms with Crippen LogP contribution in [0.3, 0.4) is 0 Å². The van der Waals surface area contributed by atoms with Crippen LogP contribution in [0.25, 0.3) is 0 Å². The lowest BCUT2D eigenvalue weighted by Crippen LogP contribution is -2.45. The standard InChI is InChI=1S/C18H27NO2/c1-6-12-18(15-10-8-7-9-11-15)16(21-18)17(20)19(13(2)3)14(4)5/h7-11,13-14,16H,6,12H2,1-5H3. The van der Waals surface area contributed by atoms with Gasteiger partial charge in [0.1, 0.15) is 5.60 Å². The average molecular weight is 289 g/mol. The summed E-state index contributed by atoms with van der Waals surface area (Å²) in [7, 11) is 0. The zero-order valence-electron chi connectivity index (χ0n) is 13.8. The van der Waals surface area contributed by atoms with Crippen molar-refractivity contribution in [1.82, 2.24) is 4.90 Å². The predicted octanol–water partition coefficient (Wildman–Crippen LogP) is 3.73. The van der Waals surface area contributed by atoms with Crippen molar-refractivity contribution in [2.75, 3.05) is 0 Å². The molecule has 0 saturated carbocycles. The molecule has 1 aromatic carbocycles. The molecule has 1 saturated heterocycles. The van der Waals surface area contributed by atoms with Crippen molar-refractivity contribution in [2.45, 2.75) is 71.2 Å². The van der Waals surface area contributed by atoms with Crippen LogP contribution >= 0.6 is 0 Å². The van der Waals surface area contributed by atoms with Gasteiger partial charge in [-0.15, -0.1) is 0 Å². The highest BCUT2D eigenvalue weighted by molar-refractivity contribution is 5.86. The molecule has 1 amide bonds. The van der Waals surface area contributed by atoms with E-state index in [0.29, 0.717) is 0 Å². The smallest absolute Gasteiger partial charge is 0.255 e. The maximum absolute atomic E-state index is 12.9. The Hall–Kier alpha value is -1.35. The van der Waals surface area contributed by atoms with E-state index in [9.17, 15) is 4.79 Å². The van der Waals surface area contributed by atoms with Crippen molar-refractivity contribution in [1.29, 1.82) is 0 Å². The molecular formula is C18H27NO2. The summed E-state index contributed by atoms with van der Waals surface area (Å²) in [6.07, 6.45) is 1.56. The Morgan fingerprint density at radius 2 is 1.76 bits per heavy atom. The van der Waals surface area contributed by atoms with Gasteiger partial charge in [0.25, 0.3) is 5.91 Å². The Kier molecular flexibility index (Phi) is 4.72. The SMILES string of the molecule is CCCC1(c2ccccc2)OC1C(=O)N(C(C)C)C(C)C. The molecule has 3 heteroatoms. The van der Waals surface area contributed by atoms with Gasteiger partial charge in [-0.3, -0.25) is 4.79 Å². The van der Waals surface area contributed by atoms with E-state index in [0.717, 1.165) is 18.4 Å². The second kappa shape index (κ2) is 6.18. The molecule has 1 heterocycles. The number of hydrogen-bond donors (Lipinski definition) is 0. The topological polar surface area (TPSA) is 32.8 Å². The first kappa shape index (κ1) is 16.0. The molecule has 1 aromatic rings. The van der Waals surface area contributed by atoms with Crippen LogP contribution in [-0.4, -0.2) is 29.0 Å². The van der Waals surface area contributed by atoms with Gasteiger partial charge in [0.05, 0.1) is 0 Å². The molecule has 2 atom stereocenters. The van der Waals surface area contributed by atoms with Crippen LogP contribution in [0.5, 0.6) is 0 Å². The van der Waals surface area contributed by atoms with Crippen LogP contribution in [0, 0.1) is 0 Å². The third-order valence-corrected chi connectivity index (χ3v) is 4.17. The molecule has 3 nitrogen and oxygen atoms in total. The summed E-state index contributed by atoms with van der Waals surface area (Å²) in [4.78, 5) is 14.8. The van der Waals surface area contributed by atoms with Crippen LogP contribution in [0.4, 0.5) is 0 Å². The quantitative estimate of drug-likeness (QED) is 0.748. The van der Waals surface area contributed by atoms with Crippen molar-refractivity contribution >= 4 is 5.91 Å². The van der Waals surface area contributed by atoms with E-state index >= 15 is 0 Å². The van der Waals surface area contributed by atoms with E-state index < -0.39 is 5.60 Å². The minimum atomic E-state index is -0.408. The maximum atomic E-state index is 12.9. The molecule has 21 heavy (non-hydrogen) atoms. The number of epoxide rings is 1. The molecule has 1 aliphatic rings. The third kappa shape index (κ3) is 2.98. The van der Waals surface area contributed by atoms with Crippen molar-refractivity contribution < 1.29 is 9.53 Å². The molecule has 0 bridgehead atoms. The predicted molar refractivity (Wildman–Crippen MR) is 85.0 cm³/mol. The molecule has 0 spiro atoms. The maximum Gasteiger partial charge on any atom is 0.255 e. The van der Waals surface area contributed by atoms with Crippen molar-refractivity contribution in [3.63, 3.8) is 0 Å². The van der Waals surface area contributed by atoms with Gasteiger partial charge in [0.2, 0.25) is 0 Å². The van der Waals surface area contributed by atoms with Crippen LogP contribution in [0.1, 0.15) is 53.0 Å². The molecular weight excluding hydrogens is 262 g/mol. The molecule has 0 aromatic heterocycles. The van der Waals surface area contributed by atoms with Crippen LogP contribution < -0.4 is 0 Å². The average Bonchev–Trinajstić information content (AvgIpc) is 3.15. The normalized spacial score (nSPS) is 24.4. The Balaban J connectivity index is 2.24. The number of amides is 1. The molecule has 0 N–H and O–H groups in total. The second-order valence-electron chi connectivity index (χ2n) is 6.44. The van der Waals surface area contributed by atoms with E-state index in [1.165, 1.54) is 0 Å². The molecule has 1 aliphatic heterocycles. The zero-order chi connectivity index (χ0) is 15.6. The summed E-state index contributed by atoms with van der Waals surface area (Å²) >= 11 is 0. The summed E-state index contributed by atoms with van der Waals surface area (Å²) in [5, 5.41) is 0. The summed E-state index contributed by atoms with van der Waals surface area (Å²) in [6.45, 7) is 10.4. The Labute approximate surface area is 128 Å². The Morgan fingerprint density at radius 1 is 1.19 bits per heavy atom. The van der Waals surface area contributed by atoms with Crippen LogP contribution in [-0.2, 0) is 15.1 Å². The molecule has 2 unspecified atom stereocenters. The molecule has 1 fully saturated rings. The fourth-order valence-corrected chi connectivity index (χ4v) is 3.31. The first-order valence-corrected chi connectivity index (χ1v) is 7.99. The lowest BCUT2D eigenvalue weighted by Gasteiger charge is -2.30. The van der Waals surface area contributed by atoms with E-state index in [4.69, 9.17) is 4.74 Å². The fourth-order valence-electron chi connectivity index (χ4n) is 3.31. The van der Waals surface area contributed by atoms with Crippen molar-refractivity contribution in [3.05, 3.63) is 35.9 Å². The summed E-state index contributed by atoms with van der Waals surface area (Å²) in [5.41, 5.74) is 0.715. The minimum Gasteiger partial charge on any atom is -0.350 e. The van der Waals surface area contributed by atoms with Crippen LogP contribution in [0.2, 0.25) is 0 Å². The summed E-state index contributed by atoms with van der Waals surface area (Å²) in [5.74, 6) is 0.123. The van der Waals surface area contributed by atoms with Crippen molar-refractivity contribution in [3.8, 4) is 0 Å². The molecule has 0 aliphatic carbocycles. The molecule has 0 radical (unpaired) electrons. The van der Waals surface area contributed by atoms with Gasteiger partial charge in [0.15, 0.2) is 6.10 Å². The summed E-state index contributed by atoms with van der Waals surface area (Å²) in [6, 6.07) is 10.5. The van der Waals surface area contributed by atoms with Gasteiger partial charge in [-0.2, -0.15) is 0 Å². The lowest BCUT2D eigenvalue weighted by atomic mass is 9.90. The number of ether oxygens (including phenoxy) is 1. The number of nitrogens with zero attached hydrogens (tertiary/aromatic N) is 1. The van der Waals surface area contributed by atoms with E-state index in [1.807, 2.05) is 23.1 Å². The molecule has 116 valence electrons. The molecule has 2 rings (SSSR count). The second-order valence-corrected chi connectivity index (χ2v) is 6.44. The first-order valence-electron chi connectivity index (χ1n) is 7.99. The number of rotatable bonds is 6.